The van der Waals surface area contributed by atoms with Gasteiger partial charge < -0.3 is 10.0 Å². The number of carbonyl (C=O) groups excluding carboxylic acids is 1. The lowest BCUT2D eigenvalue weighted by atomic mass is 9.89. The molecule has 110 valence electrons. The molecule has 0 saturated heterocycles. The molecule has 0 heterocycles. The average Bonchev–Trinajstić information content (AvgIpc) is 2.37. The highest BCUT2D eigenvalue weighted by Crippen LogP contribution is 2.32. The Morgan fingerprint density at radius 2 is 1.95 bits per heavy atom. The first-order valence-electron chi connectivity index (χ1n) is 6.22. The topological polar surface area (TPSA) is 57.6 Å². The van der Waals surface area contributed by atoms with Crippen LogP contribution in [-0.4, -0.2) is 28.4 Å². The van der Waals surface area contributed by atoms with Gasteiger partial charge >= 0.3 is 5.97 Å². The van der Waals surface area contributed by atoms with Crippen LogP contribution in [0.3, 0.4) is 0 Å². The van der Waals surface area contributed by atoms with Crippen LogP contribution >= 0.6 is 0 Å². The fourth-order valence-corrected chi connectivity index (χ4v) is 2.18. The number of carboxylic acids is 1. The smallest absolute Gasteiger partial charge is 0.334 e. The monoisotopic (exact) mass is 285 g/mol. The maximum absolute atomic E-state index is 13.9. The first-order chi connectivity index (χ1) is 9.26. The summed E-state index contributed by atoms with van der Waals surface area (Å²) in [6.07, 6.45) is 0.499. The summed E-state index contributed by atoms with van der Waals surface area (Å²) in [7, 11) is 0. The second kappa shape index (κ2) is 5.98. The van der Waals surface area contributed by atoms with Gasteiger partial charge in [-0.25, -0.2) is 13.6 Å². The normalized spacial score (nSPS) is 13.7. The Morgan fingerprint density at radius 3 is 2.40 bits per heavy atom. The van der Waals surface area contributed by atoms with Crippen LogP contribution in [0.1, 0.15) is 32.8 Å². The van der Waals surface area contributed by atoms with Crippen molar-refractivity contribution in [2.24, 2.45) is 0 Å². The van der Waals surface area contributed by atoms with E-state index in [1.165, 1.54) is 26.0 Å². The van der Waals surface area contributed by atoms with E-state index in [0.717, 1.165) is 11.0 Å². The van der Waals surface area contributed by atoms with Crippen LogP contribution in [0.5, 0.6) is 0 Å². The zero-order valence-corrected chi connectivity index (χ0v) is 11.6. The van der Waals surface area contributed by atoms with Crippen LogP contribution < -0.4 is 0 Å². The van der Waals surface area contributed by atoms with Gasteiger partial charge in [-0.1, -0.05) is 19.1 Å². The van der Waals surface area contributed by atoms with Crippen LogP contribution in [-0.2, 0) is 15.1 Å². The van der Waals surface area contributed by atoms with Crippen molar-refractivity contribution in [1.82, 2.24) is 4.90 Å². The first-order valence-corrected chi connectivity index (χ1v) is 6.22. The Labute approximate surface area is 116 Å². The zero-order chi connectivity index (χ0) is 15.5. The Balaban J connectivity index is 3.52. The van der Waals surface area contributed by atoms with Crippen LogP contribution in [0.2, 0.25) is 0 Å². The highest BCUT2D eigenvalue weighted by molar-refractivity contribution is 5.87. The number of benzene rings is 1. The minimum Gasteiger partial charge on any atom is -0.479 e. The molecule has 0 bridgehead atoms. The minimum atomic E-state index is -1.95. The molecular formula is C14H17F2NO3. The van der Waals surface area contributed by atoms with Gasteiger partial charge in [0.05, 0.1) is 0 Å². The Kier molecular flexibility index (Phi) is 4.81. The maximum Gasteiger partial charge on any atom is 0.334 e. The summed E-state index contributed by atoms with van der Waals surface area (Å²) in [5.74, 6) is -4.32. The van der Waals surface area contributed by atoms with Gasteiger partial charge in [-0.2, -0.15) is 0 Å². The summed E-state index contributed by atoms with van der Waals surface area (Å²) in [6, 6.07) is 3.30. The molecule has 0 fully saturated rings. The highest BCUT2D eigenvalue weighted by atomic mass is 19.2. The Hall–Kier alpha value is -1.98. The van der Waals surface area contributed by atoms with Gasteiger partial charge in [-0.15, -0.1) is 0 Å². The molecule has 1 rings (SSSR count). The summed E-state index contributed by atoms with van der Waals surface area (Å²) >= 11 is 0. The number of halogens is 2. The van der Waals surface area contributed by atoms with Crippen molar-refractivity contribution < 1.29 is 23.5 Å². The molecular weight excluding hydrogens is 268 g/mol. The number of carboxylic acid groups (broad SMARTS) is 1. The molecule has 1 aromatic rings. The van der Waals surface area contributed by atoms with Crippen molar-refractivity contribution in [3.05, 3.63) is 35.4 Å². The third-order valence-corrected chi connectivity index (χ3v) is 3.26. The largest absolute Gasteiger partial charge is 0.479 e. The van der Waals surface area contributed by atoms with Crippen molar-refractivity contribution in [2.75, 3.05) is 6.54 Å². The van der Waals surface area contributed by atoms with Gasteiger partial charge in [-0.05, 0) is 19.4 Å². The molecule has 1 atom stereocenters. The van der Waals surface area contributed by atoms with E-state index in [-0.39, 0.29) is 12.1 Å². The van der Waals surface area contributed by atoms with Crippen LogP contribution in [0.25, 0.3) is 0 Å². The van der Waals surface area contributed by atoms with E-state index >= 15 is 0 Å². The highest BCUT2D eigenvalue weighted by Gasteiger charge is 2.45. The number of hydrogen-bond acceptors (Lipinski definition) is 2. The van der Waals surface area contributed by atoms with E-state index in [1.54, 1.807) is 6.92 Å². The summed E-state index contributed by atoms with van der Waals surface area (Å²) in [5, 5.41) is 9.46. The fourth-order valence-electron chi connectivity index (χ4n) is 2.18. The summed E-state index contributed by atoms with van der Waals surface area (Å²) in [4.78, 5) is 24.4. The van der Waals surface area contributed by atoms with Gasteiger partial charge in [0.1, 0.15) is 0 Å². The summed E-state index contributed by atoms with van der Waals surface area (Å²) in [5.41, 5.74) is -2.32. The quantitative estimate of drug-likeness (QED) is 0.904. The van der Waals surface area contributed by atoms with E-state index in [4.69, 9.17) is 0 Å². The number of nitrogens with zero attached hydrogens (tertiary/aromatic N) is 1. The van der Waals surface area contributed by atoms with E-state index in [2.05, 4.69) is 0 Å². The molecule has 0 aromatic heterocycles. The predicted molar refractivity (Wildman–Crippen MR) is 69.0 cm³/mol. The molecule has 6 heteroatoms. The van der Waals surface area contributed by atoms with Crippen molar-refractivity contribution in [3.8, 4) is 0 Å². The van der Waals surface area contributed by atoms with Crippen LogP contribution in [0, 0.1) is 11.6 Å². The second-order valence-electron chi connectivity index (χ2n) is 4.65. The van der Waals surface area contributed by atoms with Gasteiger partial charge in [-0.3, -0.25) is 4.79 Å². The average molecular weight is 285 g/mol. The fraction of sp³-hybridized carbons (Fsp3) is 0.429. The lowest BCUT2D eigenvalue weighted by molar-refractivity contribution is -0.158. The van der Waals surface area contributed by atoms with Gasteiger partial charge in [0.15, 0.2) is 17.2 Å². The Morgan fingerprint density at radius 1 is 1.35 bits per heavy atom. The number of amides is 1. The molecule has 1 amide bonds. The molecule has 0 spiro atoms. The molecule has 1 unspecified atom stereocenters. The maximum atomic E-state index is 13.9. The van der Waals surface area contributed by atoms with E-state index in [9.17, 15) is 23.5 Å². The van der Waals surface area contributed by atoms with Gasteiger partial charge in [0.2, 0.25) is 5.91 Å². The molecule has 20 heavy (non-hydrogen) atoms. The third kappa shape index (κ3) is 2.64. The summed E-state index contributed by atoms with van der Waals surface area (Å²) < 4.78 is 27.3. The number of carbonyl (C=O) groups is 2. The Bertz CT molecular complexity index is 533. The number of hydrogen-bond donors (Lipinski definition) is 1. The molecule has 1 N–H and O–H groups in total. The van der Waals surface area contributed by atoms with E-state index < -0.39 is 29.0 Å². The first kappa shape index (κ1) is 16.1. The van der Waals surface area contributed by atoms with Crippen molar-refractivity contribution >= 4 is 11.9 Å². The van der Waals surface area contributed by atoms with Crippen LogP contribution in [0.15, 0.2) is 18.2 Å². The zero-order valence-electron chi connectivity index (χ0n) is 11.6. The lowest BCUT2D eigenvalue weighted by Gasteiger charge is -2.37. The van der Waals surface area contributed by atoms with Gasteiger partial charge in [0.25, 0.3) is 0 Å². The van der Waals surface area contributed by atoms with E-state index in [0.29, 0.717) is 6.42 Å². The van der Waals surface area contributed by atoms with Crippen molar-refractivity contribution in [2.45, 2.75) is 32.7 Å². The van der Waals surface area contributed by atoms with E-state index in [1.807, 2.05) is 0 Å². The van der Waals surface area contributed by atoms with Gasteiger partial charge in [0, 0.05) is 19.0 Å². The third-order valence-electron chi connectivity index (χ3n) is 3.26. The van der Waals surface area contributed by atoms with Crippen molar-refractivity contribution in [1.29, 1.82) is 0 Å². The second-order valence-corrected chi connectivity index (χ2v) is 4.65. The summed E-state index contributed by atoms with van der Waals surface area (Å²) in [6.45, 7) is 4.30. The molecule has 1 aromatic carbocycles. The van der Waals surface area contributed by atoms with Crippen molar-refractivity contribution in [3.63, 3.8) is 0 Å². The molecule has 0 radical (unpaired) electrons. The molecule has 0 aliphatic carbocycles. The molecule has 0 aliphatic rings. The number of rotatable bonds is 5. The minimum absolute atomic E-state index is 0.133. The van der Waals surface area contributed by atoms with Crippen LogP contribution in [0.4, 0.5) is 8.78 Å². The standard InChI is InChI=1S/C14H17F2NO3/c1-4-8-17(9(2)18)14(3,13(19)20)10-6-5-7-11(15)12(10)16/h5-7H,4,8H2,1-3H3,(H,19,20). The SMILES string of the molecule is CCCN(C(C)=O)C(C)(C(=O)O)c1cccc(F)c1F. The molecule has 0 saturated carbocycles. The lowest BCUT2D eigenvalue weighted by Crippen LogP contribution is -2.52. The predicted octanol–water partition coefficient (Wildman–Crippen LogP) is 2.52. The molecule has 4 nitrogen and oxygen atoms in total. The number of aliphatic carboxylic acids is 1. The molecule has 0 aliphatic heterocycles.